The number of anilines is 1. The first kappa shape index (κ1) is 20.3. The van der Waals surface area contributed by atoms with Crippen molar-refractivity contribution in [2.45, 2.75) is 39.2 Å². The van der Waals surface area contributed by atoms with Gasteiger partial charge in [-0.05, 0) is 43.1 Å². The maximum atomic E-state index is 11.7. The molecule has 0 saturated heterocycles. The fourth-order valence-corrected chi connectivity index (χ4v) is 1.96. The average Bonchev–Trinajstić information content (AvgIpc) is 2.55. The number of thiocarbonyl (C=S) groups is 1. The first-order valence-electron chi connectivity index (χ1n) is 8.14. The number of hydrazine groups is 1. The highest BCUT2D eigenvalue weighted by Crippen LogP contribution is 2.04. The highest BCUT2D eigenvalue weighted by Gasteiger charge is 2.09. The second-order valence-electron chi connectivity index (χ2n) is 5.94. The molecule has 0 unspecified atom stereocenters. The van der Waals surface area contributed by atoms with Crippen LogP contribution in [0.3, 0.4) is 0 Å². The lowest BCUT2D eigenvalue weighted by Gasteiger charge is -2.13. The Labute approximate surface area is 148 Å². The highest BCUT2D eigenvalue weighted by molar-refractivity contribution is 7.80. The number of aliphatic hydroxyl groups is 1. The fraction of sp³-hybridized carbons (Fsp3) is 0.529. The molecule has 0 aliphatic rings. The second kappa shape index (κ2) is 11.8. The molecular formula is C17H27N3O3S. The third kappa shape index (κ3) is 10.1. The molecule has 0 fully saturated rings. The van der Waals surface area contributed by atoms with Crippen LogP contribution in [0, 0.1) is 5.92 Å². The van der Waals surface area contributed by atoms with E-state index in [1.54, 1.807) is 0 Å². The van der Waals surface area contributed by atoms with E-state index in [1.807, 2.05) is 30.3 Å². The number of ether oxygens (including phenoxy) is 1. The van der Waals surface area contributed by atoms with Gasteiger partial charge in [0.1, 0.15) is 0 Å². The predicted molar refractivity (Wildman–Crippen MR) is 99.5 cm³/mol. The number of nitrogens with one attached hydrogen (secondary N) is 3. The molecule has 7 heteroatoms. The van der Waals surface area contributed by atoms with Crippen LogP contribution in [0.15, 0.2) is 30.3 Å². The van der Waals surface area contributed by atoms with Gasteiger partial charge < -0.3 is 15.2 Å². The lowest BCUT2D eigenvalue weighted by atomic mass is 10.1. The van der Waals surface area contributed by atoms with Gasteiger partial charge in [-0.25, -0.2) is 0 Å². The van der Waals surface area contributed by atoms with Gasteiger partial charge in [0.15, 0.2) is 5.11 Å². The first-order valence-corrected chi connectivity index (χ1v) is 8.55. The van der Waals surface area contributed by atoms with E-state index in [2.05, 4.69) is 30.0 Å². The summed E-state index contributed by atoms with van der Waals surface area (Å²) in [7, 11) is 0. The number of para-hydroxylation sites is 1. The number of hydrogen-bond acceptors (Lipinski definition) is 4. The monoisotopic (exact) mass is 353 g/mol. The zero-order chi connectivity index (χ0) is 17.8. The smallest absolute Gasteiger partial charge is 0.238 e. The summed E-state index contributed by atoms with van der Waals surface area (Å²) in [6.45, 7) is 5.12. The van der Waals surface area contributed by atoms with Crippen LogP contribution in [0.25, 0.3) is 0 Å². The van der Waals surface area contributed by atoms with Crippen molar-refractivity contribution in [3.05, 3.63) is 30.3 Å². The van der Waals surface area contributed by atoms with Gasteiger partial charge in [-0.2, -0.15) is 0 Å². The molecule has 1 aromatic carbocycles. The largest absolute Gasteiger partial charge is 0.391 e. The van der Waals surface area contributed by atoms with Crippen LogP contribution < -0.4 is 16.2 Å². The van der Waals surface area contributed by atoms with Gasteiger partial charge in [0, 0.05) is 18.7 Å². The van der Waals surface area contributed by atoms with Crippen LogP contribution in [0.4, 0.5) is 5.69 Å². The minimum absolute atomic E-state index is 0.190. The number of amides is 1. The molecule has 0 radical (unpaired) electrons. The standard InChI is InChI=1S/C17H27N3O3S/c1-13(2)10-11-23-12-15(21)8-9-16(22)19-20-17(24)18-14-6-4-3-5-7-14/h3-7,13,15,21H,8-12H2,1-2H3,(H,19,22)(H2,18,20,24)/t15-/m1/s1. The Balaban J connectivity index is 2.09. The van der Waals surface area contributed by atoms with E-state index in [4.69, 9.17) is 17.0 Å². The number of carbonyl (C=O) groups excluding carboxylic acids is 1. The predicted octanol–water partition coefficient (Wildman–Crippen LogP) is 2.21. The number of hydrogen-bond donors (Lipinski definition) is 4. The molecule has 0 heterocycles. The molecule has 0 aliphatic carbocycles. The van der Waals surface area contributed by atoms with Gasteiger partial charge in [-0.15, -0.1) is 0 Å². The molecule has 0 bridgehead atoms. The molecule has 0 aliphatic heterocycles. The zero-order valence-electron chi connectivity index (χ0n) is 14.2. The van der Waals surface area contributed by atoms with E-state index in [-0.39, 0.29) is 18.9 Å². The molecule has 0 aromatic heterocycles. The Morgan fingerprint density at radius 2 is 1.92 bits per heavy atom. The highest BCUT2D eigenvalue weighted by atomic mass is 32.1. The van der Waals surface area contributed by atoms with Gasteiger partial charge in [0.05, 0.1) is 12.7 Å². The lowest BCUT2D eigenvalue weighted by Crippen LogP contribution is -2.43. The van der Waals surface area contributed by atoms with Gasteiger partial charge >= 0.3 is 0 Å². The molecule has 1 atom stereocenters. The maximum Gasteiger partial charge on any atom is 0.238 e. The van der Waals surface area contributed by atoms with Crippen LogP contribution in [-0.4, -0.2) is 35.4 Å². The Morgan fingerprint density at radius 3 is 2.58 bits per heavy atom. The van der Waals surface area contributed by atoms with Crippen molar-refractivity contribution in [1.82, 2.24) is 10.9 Å². The van der Waals surface area contributed by atoms with Gasteiger partial charge in [-0.3, -0.25) is 15.6 Å². The third-order valence-electron chi connectivity index (χ3n) is 3.20. The molecule has 0 saturated carbocycles. The van der Waals surface area contributed by atoms with Crippen LogP contribution in [0.1, 0.15) is 33.1 Å². The Kier molecular flexibility index (Phi) is 9.98. The summed E-state index contributed by atoms with van der Waals surface area (Å²) in [5, 5.41) is 13.0. The SMILES string of the molecule is CC(C)CCOC[C@H](O)CCC(=O)NNC(=S)Nc1ccccc1. The molecular weight excluding hydrogens is 326 g/mol. The van der Waals surface area contributed by atoms with Crippen molar-refractivity contribution >= 4 is 28.9 Å². The lowest BCUT2D eigenvalue weighted by molar-refractivity contribution is -0.122. The molecule has 134 valence electrons. The minimum Gasteiger partial charge on any atom is -0.391 e. The molecule has 1 aromatic rings. The molecule has 4 N–H and O–H groups in total. The zero-order valence-corrected chi connectivity index (χ0v) is 15.1. The molecule has 6 nitrogen and oxygen atoms in total. The van der Waals surface area contributed by atoms with Crippen LogP contribution in [0.5, 0.6) is 0 Å². The summed E-state index contributed by atoms with van der Waals surface area (Å²) in [6, 6.07) is 9.40. The first-order chi connectivity index (χ1) is 11.5. The summed E-state index contributed by atoms with van der Waals surface area (Å²) in [5.74, 6) is 0.334. The van der Waals surface area contributed by atoms with E-state index >= 15 is 0 Å². The Hall–Kier alpha value is -1.70. The van der Waals surface area contributed by atoms with Crippen molar-refractivity contribution in [2.75, 3.05) is 18.5 Å². The van der Waals surface area contributed by atoms with E-state index < -0.39 is 6.10 Å². The topological polar surface area (TPSA) is 82.6 Å². The number of benzene rings is 1. The van der Waals surface area contributed by atoms with Crippen molar-refractivity contribution in [2.24, 2.45) is 5.92 Å². The summed E-state index contributed by atoms with van der Waals surface area (Å²) in [5.41, 5.74) is 5.95. The van der Waals surface area contributed by atoms with Crippen LogP contribution >= 0.6 is 12.2 Å². The second-order valence-corrected chi connectivity index (χ2v) is 6.35. The van der Waals surface area contributed by atoms with Gasteiger partial charge in [-0.1, -0.05) is 32.0 Å². The molecule has 1 amide bonds. The van der Waals surface area contributed by atoms with Gasteiger partial charge in [0.25, 0.3) is 0 Å². The normalized spacial score (nSPS) is 11.8. The average molecular weight is 353 g/mol. The number of carbonyl (C=O) groups is 1. The summed E-state index contributed by atoms with van der Waals surface area (Å²) < 4.78 is 5.38. The molecule has 24 heavy (non-hydrogen) atoms. The summed E-state index contributed by atoms with van der Waals surface area (Å²) in [6.07, 6.45) is 0.851. The quantitative estimate of drug-likeness (QED) is 0.310. The van der Waals surface area contributed by atoms with Crippen molar-refractivity contribution in [3.8, 4) is 0 Å². The summed E-state index contributed by atoms with van der Waals surface area (Å²) >= 11 is 5.08. The van der Waals surface area contributed by atoms with Crippen molar-refractivity contribution in [1.29, 1.82) is 0 Å². The van der Waals surface area contributed by atoms with E-state index in [0.29, 0.717) is 24.1 Å². The van der Waals surface area contributed by atoms with E-state index in [1.165, 1.54) is 0 Å². The van der Waals surface area contributed by atoms with Crippen molar-refractivity contribution in [3.63, 3.8) is 0 Å². The third-order valence-corrected chi connectivity index (χ3v) is 3.41. The van der Waals surface area contributed by atoms with Gasteiger partial charge in [0.2, 0.25) is 5.91 Å². The minimum atomic E-state index is -0.641. The Bertz CT molecular complexity index is 497. The van der Waals surface area contributed by atoms with Crippen molar-refractivity contribution < 1.29 is 14.6 Å². The maximum absolute atomic E-state index is 11.7. The fourth-order valence-electron chi connectivity index (χ4n) is 1.79. The molecule has 0 spiro atoms. The van der Waals surface area contributed by atoms with Crippen LogP contribution in [0.2, 0.25) is 0 Å². The van der Waals surface area contributed by atoms with Crippen LogP contribution in [-0.2, 0) is 9.53 Å². The van der Waals surface area contributed by atoms with E-state index in [0.717, 1.165) is 12.1 Å². The molecule has 1 rings (SSSR count). The number of aliphatic hydroxyl groups excluding tert-OH is 1. The summed E-state index contributed by atoms with van der Waals surface area (Å²) in [4.78, 5) is 11.7. The van der Waals surface area contributed by atoms with E-state index in [9.17, 15) is 9.90 Å². The number of rotatable bonds is 9. The Morgan fingerprint density at radius 1 is 1.21 bits per heavy atom.